The summed E-state index contributed by atoms with van der Waals surface area (Å²) in [4.78, 5) is 25.7. The molecule has 0 aliphatic heterocycles. The van der Waals surface area contributed by atoms with Gasteiger partial charge in [-0.25, -0.2) is 0 Å². The number of aliphatic imine (C=N–C) groups is 1. The Balaban J connectivity index is 2.69. The second kappa shape index (κ2) is 5.51. The van der Waals surface area contributed by atoms with Crippen LogP contribution in [0.2, 0.25) is 0 Å². The molecule has 1 saturated carbocycles. The summed E-state index contributed by atoms with van der Waals surface area (Å²) in [5.41, 5.74) is 10.4. The maximum atomic E-state index is 11.1. The number of guanidine groups is 1. The summed E-state index contributed by atoms with van der Waals surface area (Å²) in [7, 11) is 0. The van der Waals surface area contributed by atoms with Crippen molar-refractivity contribution in [1.29, 1.82) is 0 Å². The maximum absolute atomic E-state index is 11.1. The Hall–Kier alpha value is -1.79. The molecular weight excluding hydrogens is 226 g/mol. The second-order valence-electron chi connectivity index (χ2n) is 4.32. The number of hydrogen-bond acceptors (Lipinski definition) is 3. The molecule has 0 saturated heterocycles. The van der Waals surface area contributed by atoms with Crippen LogP contribution < -0.4 is 11.5 Å². The summed E-state index contributed by atoms with van der Waals surface area (Å²) < 4.78 is 0. The Labute approximate surface area is 98.5 Å². The van der Waals surface area contributed by atoms with Gasteiger partial charge in [0.25, 0.3) is 0 Å². The third-order valence-electron chi connectivity index (χ3n) is 3.17. The van der Waals surface area contributed by atoms with Crippen LogP contribution in [0.1, 0.15) is 19.3 Å². The molecule has 3 atom stereocenters. The van der Waals surface area contributed by atoms with E-state index < -0.39 is 23.8 Å². The van der Waals surface area contributed by atoms with E-state index in [9.17, 15) is 9.59 Å². The lowest BCUT2D eigenvalue weighted by Crippen LogP contribution is -2.36. The first kappa shape index (κ1) is 13.3. The van der Waals surface area contributed by atoms with E-state index in [-0.39, 0.29) is 24.8 Å². The quantitative estimate of drug-likeness (QED) is 0.386. The van der Waals surface area contributed by atoms with Gasteiger partial charge < -0.3 is 21.7 Å². The van der Waals surface area contributed by atoms with Crippen molar-refractivity contribution in [1.82, 2.24) is 0 Å². The molecule has 7 heteroatoms. The van der Waals surface area contributed by atoms with E-state index in [0.29, 0.717) is 12.8 Å². The van der Waals surface area contributed by atoms with Gasteiger partial charge in [-0.1, -0.05) is 0 Å². The van der Waals surface area contributed by atoms with Gasteiger partial charge in [-0.3, -0.25) is 14.6 Å². The normalized spacial score (nSPS) is 28.4. The Morgan fingerprint density at radius 2 is 1.82 bits per heavy atom. The number of nitrogens with two attached hydrogens (primary N) is 2. The monoisotopic (exact) mass is 243 g/mol. The first-order valence-corrected chi connectivity index (χ1v) is 5.42. The number of carbonyl (C=O) groups is 2. The molecule has 7 nitrogen and oxygen atoms in total. The SMILES string of the molecule is NC(N)=NCC1CCC(C(=O)O)CC1C(=O)O. The second-order valence-corrected chi connectivity index (χ2v) is 4.32. The van der Waals surface area contributed by atoms with E-state index in [4.69, 9.17) is 21.7 Å². The Kier molecular flexibility index (Phi) is 4.30. The van der Waals surface area contributed by atoms with Gasteiger partial charge in [-0.2, -0.15) is 0 Å². The molecule has 1 aliphatic carbocycles. The summed E-state index contributed by atoms with van der Waals surface area (Å²) in [5, 5.41) is 18.0. The molecule has 0 amide bonds. The van der Waals surface area contributed by atoms with E-state index in [2.05, 4.69) is 4.99 Å². The van der Waals surface area contributed by atoms with Crippen LogP contribution in [0.25, 0.3) is 0 Å². The van der Waals surface area contributed by atoms with E-state index in [1.165, 1.54) is 0 Å². The number of carboxylic acid groups (broad SMARTS) is 2. The highest BCUT2D eigenvalue weighted by molar-refractivity contribution is 5.76. The van der Waals surface area contributed by atoms with Crippen molar-refractivity contribution < 1.29 is 19.8 Å². The molecular formula is C10H17N3O4. The van der Waals surface area contributed by atoms with Crippen LogP contribution in [0.4, 0.5) is 0 Å². The lowest BCUT2D eigenvalue weighted by molar-refractivity contribution is -0.149. The third-order valence-corrected chi connectivity index (χ3v) is 3.17. The fourth-order valence-electron chi connectivity index (χ4n) is 2.20. The van der Waals surface area contributed by atoms with Crippen molar-refractivity contribution >= 4 is 17.9 Å². The van der Waals surface area contributed by atoms with Gasteiger partial charge in [-0.15, -0.1) is 0 Å². The summed E-state index contributed by atoms with van der Waals surface area (Å²) in [6, 6.07) is 0. The first-order valence-electron chi connectivity index (χ1n) is 5.42. The fourth-order valence-corrected chi connectivity index (χ4v) is 2.20. The van der Waals surface area contributed by atoms with Gasteiger partial charge in [0, 0.05) is 6.54 Å². The highest BCUT2D eigenvalue weighted by Crippen LogP contribution is 2.34. The zero-order valence-electron chi connectivity index (χ0n) is 9.37. The van der Waals surface area contributed by atoms with Crippen LogP contribution in [0.15, 0.2) is 4.99 Å². The van der Waals surface area contributed by atoms with Gasteiger partial charge in [0.15, 0.2) is 5.96 Å². The van der Waals surface area contributed by atoms with Gasteiger partial charge in [-0.05, 0) is 25.2 Å². The summed E-state index contributed by atoms with van der Waals surface area (Å²) >= 11 is 0. The van der Waals surface area contributed by atoms with E-state index in [1.807, 2.05) is 0 Å². The van der Waals surface area contributed by atoms with Crippen molar-refractivity contribution in [3.05, 3.63) is 0 Å². The molecule has 3 unspecified atom stereocenters. The van der Waals surface area contributed by atoms with Gasteiger partial charge in [0.2, 0.25) is 0 Å². The van der Waals surface area contributed by atoms with Crippen LogP contribution in [0.5, 0.6) is 0 Å². The molecule has 0 heterocycles. The smallest absolute Gasteiger partial charge is 0.306 e. The lowest BCUT2D eigenvalue weighted by Gasteiger charge is -2.30. The molecule has 0 spiro atoms. The standard InChI is InChI=1S/C10H17N3O4/c11-10(12)13-4-6-2-1-5(8(14)15)3-7(6)9(16)17/h5-7H,1-4H2,(H,14,15)(H,16,17)(H4,11,12,13). The van der Waals surface area contributed by atoms with E-state index in [1.54, 1.807) is 0 Å². The molecule has 1 aliphatic rings. The molecule has 1 rings (SSSR count). The van der Waals surface area contributed by atoms with Gasteiger partial charge >= 0.3 is 11.9 Å². The lowest BCUT2D eigenvalue weighted by atomic mass is 9.74. The third kappa shape index (κ3) is 3.61. The minimum absolute atomic E-state index is 0.0745. The van der Waals surface area contributed by atoms with Crippen molar-refractivity contribution in [2.75, 3.05) is 6.54 Å². The number of nitrogens with zero attached hydrogens (tertiary/aromatic N) is 1. The number of hydrogen-bond donors (Lipinski definition) is 4. The highest BCUT2D eigenvalue weighted by Gasteiger charge is 2.37. The summed E-state index contributed by atoms with van der Waals surface area (Å²) in [5.74, 6) is -3.44. The predicted octanol–water partition coefficient (Wildman–Crippen LogP) is -0.538. The van der Waals surface area contributed by atoms with Gasteiger partial charge in [0.05, 0.1) is 11.8 Å². The predicted molar refractivity (Wildman–Crippen MR) is 60.3 cm³/mol. The Morgan fingerprint density at radius 1 is 1.18 bits per heavy atom. The summed E-state index contributed by atoms with van der Waals surface area (Å²) in [6.07, 6.45) is 1.14. The van der Waals surface area contributed by atoms with E-state index in [0.717, 1.165) is 0 Å². The minimum Gasteiger partial charge on any atom is -0.481 e. The molecule has 0 radical (unpaired) electrons. The number of aliphatic carboxylic acids is 2. The largest absolute Gasteiger partial charge is 0.481 e. The number of rotatable bonds is 4. The van der Waals surface area contributed by atoms with Crippen molar-refractivity contribution in [2.45, 2.75) is 19.3 Å². The van der Waals surface area contributed by atoms with Crippen LogP contribution in [0.3, 0.4) is 0 Å². The molecule has 0 aromatic heterocycles. The molecule has 0 bridgehead atoms. The zero-order chi connectivity index (χ0) is 13.0. The summed E-state index contributed by atoms with van der Waals surface area (Å²) in [6.45, 7) is 0.242. The average molecular weight is 243 g/mol. The van der Waals surface area contributed by atoms with Crippen molar-refractivity contribution in [3.63, 3.8) is 0 Å². The topological polar surface area (TPSA) is 139 Å². The molecule has 1 fully saturated rings. The van der Waals surface area contributed by atoms with Crippen molar-refractivity contribution in [3.8, 4) is 0 Å². The highest BCUT2D eigenvalue weighted by atomic mass is 16.4. The average Bonchev–Trinajstić information content (AvgIpc) is 2.25. The van der Waals surface area contributed by atoms with Crippen LogP contribution in [0, 0.1) is 17.8 Å². The van der Waals surface area contributed by atoms with Crippen LogP contribution in [-0.4, -0.2) is 34.7 Å². The molecule has 0 aromatic carbocycles. The first-order chi connectivity index (χ1) is 7.91. The zero-order valence-corrected chi connectivity index (χ0v) is 9.37. The number of carboxylic acids is 2. The van der Waals surface area contributed by atoms with Crippen LogP contribution >= 0.6 is 0 Å². The molecule has 17 heavy (non-hydrogen) atoms. The van der Waals surface area contributed by atoms with Crippen LogP contribution in [-0.2, 0) is 9.59 Å². The molecule has 96 valence electrons. The molecule has 6 N–H and O–H groups in total. The molecule has 0 aromatic rings. The fraction of sp³-hybridized carbons (Fsp3) is 0.700. The van der Waals surface area contributed by atoms with Gasteiger partial charge in [0.1, 0.15) is 0 Å². The minimum atomic E-state index is -0.980. The maximum Gasteiger partial charge on any atom is 0.306 e. The van der Waals surface area contributed by atoms with Crippen molar-refractivity contribution in [2.24, 2.45) is 34.2 Å². The van der Waals surface area contributed by atoms with E-state index >= 15 is 0 Å². The Morgan fingerprint density at radius 3 is 2.29 bits per heavy atom. The Bertz CT molecular complexity index is 338.